The van der Waals surface area contributed by atoms with E-state index >= 15 is 0 Å². The van der Waals surface area contributed by atoms with Crippen molar-refractivity contribution in [1.29, 1.82) is 0 Å². The summed E-state index contributed by atoms with van der Waals surface area (Å²) in [5.74, 6) is 4.28. The summed E-state index contributed by atoms with van der Waals surface area (Å²) >= 11 is 0. The molecule has 0 N–H and O–H groups in total. The van der Waals surface area contributed by atoms with Crippen molar-refractivity contribution in [2.24, 2.45) is 0 Å². The molecule has 0 atom stereocenters. The number of hydrogen-bond acceptors (Lipinski definition) is 3. The Balaban J connectivity index is 2.29. The van der Waals surface area contributed by atoms with E-state index in [9.17, 15) is 0 Å². The van der Waals surface area contributed by atoms with Crippen molar-refractivity contribution in [2.45, 2.75) is 13.0 Å². The van der Waals surface area contributed by atoms with Gasteiger partial charge in [-0.05, 0) is 29.7 Å². The van der Waals surface area contributed by atoms with Crippen LogP contribution in [-0.4, -0.2) is 32.2 Å². The van der Waals surface area contributed by atoms with Crippen molar-refractivity contribution in [3.63, 3.8) is 0 Å². The maximum atomic E-state index is 5.34. The number of benzene rings is 1. The summed E-state index contributed by atoms with van der Waals surface area (Å²) in [7, 11) is 3.32. The lowest BCUT2D eigenvalue weighted by Gasteiger charge is -2.27. The Morgan fingerprint density at radius 3 is 2.47 bits per heavy atom. The fourth-order valence-electron chi connectivity index (χ4n) is 2.21. The molecule has 0 radical (unpaired) electrons. The summed E-state index contributed by atoms with van der Waals surface area (Å²) < 4.78 is 10.6. The smallest absolute Gasteiger partial charge is 0.161 e. The molecule has 0 fully saturated rings. The first kappa shape index (κ1) is 11.8. The second-order valence-corrected chi connectivity index (χ2v) is 4.14. The van der Waals surface area contributed by atoms with E-state index in [-0.39, 0.29) is 0 Å². The van der Waals surface area contributed by atoms with E-state index < -0.39 is 0 Å². The van der Waals surface area contributed by atoms with E-state index in [1.54, 1.807) is 14.2 Å². The van der Waals surface area contributed by atoms with Gasteiger partial charge in [-0.3, -0.25) is 4.90 Å². The van der Waals surface area contributed by atoms with E-state index in [2.05, 4.69) is 23.0 Å². The second-order valence-electron chi connectivity index (χ2n) is 4.14. The third-order valence-electron chi connectivity index (χ3n) is 3.11. The van der Waals surface area contributed by atoms with Gasteiger partial charge in [0.15, 0.2) is 11.5 Å². The van der Waals surface area contributed by atoms with Crippen LogP contribution in [0.5, 0.6) is 11.5 Å². The minimum absolute atomic E-state index is 0.702. The Bertz CT molecular complexity index is 448. The van der Waals surface area contributed by atoms with Crippen molar-refractivity contribution in [2.75, 3.05) is 27.3 Å². The number of terminal acetylenes is 1. The lowest BCUT2D eigenvalue weighted by atomic mass is 9.99. The highest BCUT2D eigenvalue weighted by Crippen LogP contribution is 2.33. The van der Waals surface area contributed by atoms with Gasteiger partial charge in [-0.1, -0.05) is 5.92 Å². The normalized spacial score (nSPS) is 14.9. The average molecular weight is 231 g/mol. The van der Waals surface area contributed by atoms with Crippen LogP contribution in [0.4, 0.5) is 0 Å². The SMILES string of the molecule is C#CCN1CCc2cc(OC)c(OC)cc2C1. The summed E-state index contributed by atoms with van der Waals surface area (Å²) in [6, 6.07) is 4.12. The van der Waals surface area contributed by atoms with Crippen molar-refractivity contribution in [3.8, 4) is 23.8 Å². The molecule has 1 heterocycles. The van der Waals surface area contributed by atoms with E-state index in [1.165, 1.54) is 11.1 Å². The summed E-state index contributed by atoms with van der Waals surface area (Å²) in [5.41, 5.74) is 2.61. The monoisotopic (exact) mass is 231 g/mol. The molecule has 3 heteroatoms. The van der Waals surface area contributed by atoms with Crippen LogP contribution in [0.1, 0.15) is 11.1 Å². The third kappa shape index (κ3) is 2.37. The lowest BCUT2D eigenvalue weighted by Crippen LogP contribution is -2.30. The number of nitrogens with zero attached hydrogens (tertiary/aromatic N) is 1. The fraction of sp³-hybridized carbons (Fsp3) is 0.429. The highest BCUT2D eigenvalue weighted by atomic mass is 16.5. The quantitative estimate of drug-likeness (QED) is 0.739. The minimum atomic E-state index is 0.702. The van der Waals surface area contributed by atoms with E-state index in [0.717, 1.165) is 31.0 Å². The summed E-state index contributed by atoms with van der Waals surface area (Å²) in [6.07, 6.45) is 6.36. The fourth-order valence-corrected chi connectivity index (χ4v) is 2.21. The lowest BCUT2D eigenvalue weighted by molar-refractivity contribution is 0.283. The van der Waals surface area contributed by atoms with Crippen LogP contribution in [0, 0.1) is 12.3 Å². The van der Waals surface area contributed by atoms with Gasteiger partial charge in [0.05, 0.1) is 20.8 Å². The highest BCUT2D eigenvalue weighted by molar-refractivity contribution is 5.48. The maximum absolute atomic E-state index is 5.34. The zero-order valence-electron chi connectivity index (χ0n) is 10.3. The summed E-state index contributed by atoms with van der Waals surface area (Å²) in [6.45, 7) is 2.60. The minimum Gasteiger partial charge on any atom is -0.493 e. The van der Waals surface area contributed by atoms with Gasteiger partial charge >= 0.3 is 0 Å². The van der Waals surface area contributed by atoms with E-state index in [4.69, 9.17) is 15.9 Å². The van der Waals surface area contributed by atoms with Gasteiger partial charge in [0, 0.05) is 13.1 Å². The zero-order chi connectivity index (χ0) is 12.3. The Labute approximate surface area is 102 Å². The second kappa shape index (κ2) is 5.11. The van der Waals surface area contributed by atoms with Gasteiger partial charge in [-0.2, -0.15) is 0 Å². The molecule has 90 valence electrons. The van der Waals surface area contributed by atoms with Crippen LogP contribution < -0.4 is 9.47 Å². The number of hydrogen-bond donors (Lipinski definition) is 0. The van der Waals surface area contributed by atoms with Gasteiger partial charge < -0.3 is 9.47 Å². The molecule has 1 aliphatic rings. The van der Waals surface area contributed by atoms with Crippen molar-refractivity contribution >= 4 is 0 Å². The molecular weight excluding hydrogens is 214 g/mol. The summed E-state index contributed by atoms with van der Waals surface area (Å²) in [5, 5.41) is 0. The van der Waals surface area contributed by atoms with Crippen LogP contribution in [0.25, 0.3) is 0 Å². The molecule has 0 amide bonds. The molecule has 0 aromatic heterocycles. The first-order chi connectivity index (χ1) is 8.28. The molecule has 0 unspecified atom stereocenters. The van der Waals surface area contributed by atoms with Crippen molar-refractivity contribution < 1.29 is 9.47 Å². The predicted octanol–water partition coefficient (Wildman–Crippen LogP) is 1.70. The zero-order valence-corrected chi connectivity index (χ0v) is 10.3. The molecule has 1 aromatic rings. The Kier molecular flexibility index (Phi) is 3.55. The van der Waals surface area contributed by atoms with Crippen molar-refractivity contribution in [1.82, 2.24) is 4.90 Å². The molecule has 1 aliphatic heterocycles. The van der Waals surface area contributed by atoms with Gasteiger partial charge in [0.1, 0.15) is 0 Å². The van der Waals surface area contributed by atoms with E-state index in [1.807, 2.05) is 0 Å². The number of rotatable bonds is 3. The largest absolute Gasteiger partial charge is 0.493 e. The highest BCUT2D eigenvalue weighted by Gasteiger charge is 2.18. The Morgan fingerprint density at radius 2 is 1.88 bits per heavy atom. The van der Waals surface area contributed by atoms with Crippen LogP contribution in [-0.2, 0) is 13.0 Å². The molecule has 3 nitrogen and oxygen atoms in total. The first-order valence-corrected chi connectivity index (χ1v) is 5.68. The first-order valence-electron chi connectivity index (χ1n) is 5.68. The molecule has 0 saturated heterocycles. The molecular formula is C14H17NO2. The Morgan fingerprint density at radius 1 is 1.24 bits per heavy atom. The van der Waals surface area contributed by atoms with Gasteiger partial charge in [0.25, 0.3) is 0 Å². The predicted molar refractivity (Wildman–Crippen MR) is 67.4 cm³/mol. The van der Waals surface area contributed by atoms with Crippen LogP contribution in [0.2, 0.25) is 0 Å². The van der Waals surface area contributed by atoms with Crippen LogP contribution in [0.3, 0.4) is 0 Å². The number of fused-ring (bicyclic) bond motifs is 1. The van der Waals surface area contributed by atoms with Crippen molar-refractivity contribution in [3.05, 3.63) is 23.3 Å². The topological polar surface area (TPSA) is 21.7 Å². The van der Waals surface area contributed by atoms with Crippen LogP contribution >= 0.6 is 0 Å². The molecule has 0 spiro atoms. The molecule has 17 heavy (non-hydrogen) atoms. The maximum Gasteiger partial charge on any atom is 0.161 e. The van der Waals surface area contributed by atoms with Crippen LogP contribution in [0.15, 0.2) is 12.1 Å². The Hall–Kier alpha value is -1.66. The van der Waals surface area contributed by atoms with Gasteiger partial charge in [-0.25, -0.2) is 0 Å². The molecule has 0 bridgehead atoms. The number of methoxy groups -OCH3 is 2. The third-order valence-corrected chi connectivity index (χ3v) is 3.11. The molecule has 2 rings (SSSR count). The molecule has 0 saturated carbocycles. The molecule has 0 aliphatic carbocycles. The summed E-state index contributed by atoms with van der Waals surface area (Å²) in [4.78, 5) is 2.26. The standard InChI is InChI=1S/C14H17NO2/c1-4-6-15-7-5-11-8-13(16-2)14(17-3)9-12(11)10-15/h1,8-9H,5-7,10H2,2-3H3. The van der Waals surface area contributed by atoms with E-state index in [0.29, 0.717) is 6.54 Å². The van der Waals surface area contributed by atoms with Gasteiger partial charge in [0.2, 0.25) is 0 Å². The van der Waals surface area contributed by atoms with Gasteiger partial charge in [-0.15, -0.1) is 6.42 Å². The average Bonchev–Trinajstić information content (AvgIpc) is 2.37. The number of ether oxygens (including phenoxy) is 2. The molecule has 1 aromatic carbocycles.